The molecule has 1 aromatic carbocycles. The van der Waals surface area contributed by atoms with Crippen LogP contribution in [0, 0.1) is 0 Å². The van der Waals surface area contributed by atoms with E-state index in [1.165, 1.54) is 7.11 Å². The van der Waals surface area contributed by atoms with Crippen molar-refractivity contribution >= 4 is 17.3 Å². The number of nitrogen functional groups attached to an aromatic ring is 1. The molecule has 100 valence electrons. The van der Waals surface area contributed by atoms with Gasteiger partial charge in [0.2, 0.25) is 0 Å². The SMILES string of the molecule is CCOCC(C)Nc1ccc(C(=O)OC)cc1N. The molecule has 0 saturated carbocycles. The summed E-state index contributed by atoms with van der Waals surface area (Å²) in [5.74, 6) is -0.393. The fraction of sp³-hybridized carbons (Fsp3) is 0.462. The Kier molecular flexibility index (Phi) is 5.45. The molecule has 0 aliphatic rings. The minimum atomic E-state index is -0.393. The maximum atomic E-state index is 11.3. The number of hydrogen-bond donors (Lipinski definition) is 2. The fourth-order valence-electron chi connectivity index (χ4n) is 1.54. The first-order chi connectivity index (χ1) is 8.58. The highest BCUT2D eigenvalue weighted by Crippen LogP contribution is 2.21. The van der Waals surface area contributed by atoms with Gasteiger partial charge in [0, 0.05) is 12.6 Å². The third-order valence-electron chi connectivity index (χ3n) is 2.45. The summed E-state index contributed by atoms with van der Waals surface area (Å²) in [6, 6.07) is 5.19. The number of carbonyl (C=O) groups is 1. The first kappa shape index (κ1) is 14.3. The summed E-state index contributed by atoms with van der Waals surface area (Å²) in [4.78, 5) is 11.3. The van der Waals surface area contributed by atoms with Crippen LogP contribution in [0.1, 0.15) is 24.2 Å². The van der Waals surface area contributed by atoms with E-state index >= 15 is 0 Å². The zero-order valence-corrected chi connectivity index (χ0v) is 11.0. The number of benzene rings is 1. The summed E-state index contributed by atoms with van der Waals surface area (Å²) in [6.07, 6.45) is 0. The summed E-state index contributed by atoms with van der Waals surface area (Å²) < 4.78 is 9.94. The number of carbonyl (C=O) groups excluding carboxylic acids is 1. The third-order valence-corrected chi connectivity index (χ3v) is 2.45. The Morgan fingerprint density at radius 2 is 2.22 bits per heavy atom. The van der Waals surface area contributed by atoms with Gasteiger partial charge in [-0.3, -0.25) is 0 Å². The van der Waals surface area contributed by atoms with Crippen LogP contribution in [-0.4, -0.2) is 32.3 Å². The van der Waals surface area contributed by atoms with Gasteiger partial charge in [-0.15, -0.1) is 0 Å². The second-order valence-corrected chi connectivity index (χ2v) is 4.00. The molecule has 1 unspecified atom stereocenters. The molecule has 1 rings (SSSR count). The Morgan fingerprint density at radius 1 is 1.50 bits per heavy atom. The van der Waals surface area contributed by atoms with Crippen molar-refractivity contribution in [3.8, 4) is 0 Å². The van der Waals surface area contributed by atoms with E-state index < -0.39 is 5.97 Å². The summed E-state index contributed by atoms with van der Waals surface area (Å²) in [5, 5.41) is 3.23. The van der Waals surface area contributed by atoms with Crippen LogP contribution in [0.4, 0.5) is 11.4 Å². The molecule has 0 aliphatic heterocycles. The van der Waals surface area contributed by atoms with E-state index in [0.29, 0.717) is 24.5 Å². The van der Waals surface area contributed by atoms with E-state index in [-0.39, 0.29) is 6.04 Å². The second kappa shape index (κ2) is 6.86. The standard InChI is InChI=1S/C13H20N2O3/c1-4-18-8-9(2)15-12-6-5-10(7-11(12)14)13(16)17-3/h5-7,9,15H,4,8,14H2,1-3H3. The molecule has 0 saturated heterocycles. The Hall–Kier alpha value is -1.75. The lowest BCUT2D eigenvalue weighted by Gasteiger charge is -2.16. The molecule has 0 heterocycles. The fourth-order valence-corrected chi connectivity index (χ4v) is 1.54. The topological polar surface area (TPSA) is 73.6 Å². The van der Waals surface area contributed by atoms with Crippen molar-refractivity contribution in [2.75, 3.05) is 31.4 Å². The molecule has 3 N–H and O–H groups in total. The van der Waals surface area contributed by atoms with Crippen LogP contribution < -0.4 is 11.1 Å². The Balaban J connectivity index is 2.70. The van der Waals surface area contributed by atoms with E-state index in [9.17, 15) is 4.79 Å². The van der Waals surface area contributed by atoms with Gasteiger partial charge in [-0.05, 0) is 32.0 Å². The maximum absolute atomic E-state index is 11.3. The van der Waals surface area contributed by atoms with Gasteiger partial charge in [0.1, 0.15) is 0 Å². The van der Waals surface area contributed by atoms with E-state index in [1.54, 1.807) is 18.2 Å². The van der Waals surface area contributed by atoms with Crippen LogP contribution >= 0.6 is 0 Å². The molecule has 1 aromatic rings. The first-order valence-electron chi connectivity index (χ1n) is 5.90. The number of nitrogens with two attached hydrogens (primary N) is 1. The predicted octanol–water partition coefficient (Wildman–Crippen LogP) is 1.89. The van der Waals surface area contributed by atoms with Crippen LogP contribution in [0.3, 0.4) is 0 Å². The molecule has 5 heteroatoms. The summed E-state index contributed by atoms with van der Waals surface area (Å²) in [7, 11) is 1.34. The lowest BCUT2D eigenvalue weighted by molar-refractivity contribution is 0.0601. The third kappa shape index (κ3) is 3.92. The maximum Gasteiger partial charge on any atom is 0.337 e. The molecule has 0 aromatic heterocycles. The minimum Gasteiger partial charge on any atom is -0.465 e. The molecule has 0 aliphatic carbocycles. The van der Waals surface area contributed by atoms with Crippen molar-refractivity contribution in [3.05, 3.63) is 23.8 Å². The zero-order chi connectivity index (χ0) is 13.5. The van der Waals surface area contributed by atoms with Crippen LogP contribution in [-0.2, 0) is 9.47 Å². The predicted molar refractivity (Wildman–Crippen MR) is 71.8 cm³/mol. The van der Waals surface area contributed by atoms with Crippen LogP contribution in [0.2, 0.25) is 0 Å². The smallest absolute Gasteiger partial charge is 0.337 e. The minimum absolute atomic E-state index is 0.149. The Labute approximate surface area is 107 Å². The second-order valence-electron chi connectivity index (χ2n) is 4.00. The number of nitrogens with one attached hydrogen (secondary N) is 1. The highest BCUT2D eigenvalue weighted by Gasteiger charge is 2.09. The number of hydrogen-bond acceptors (Lipinski definition) is 5. The zero-order valence-electron chi connectivity index (χ0n) is 11.0. The van der Waals surface area contributed by atoms with E-state index in [4.69, 9.17) is 10.5 Å². The molecule has 0 spiro atoms. The van der Waals surface area contributed by atoms with Crippen molar-refractivity contribution in [1.29, 1.82) is 0 Å². The van der Waals surface area contributed by atoms with Gasteiger partial charge in [-0.2, -0.15) is 0 Å². The molecule has 0 fully saturated rings. The van der Waals surface area contributed by atoms with Crippen molar-refractivity contribution < 1.29 is 14.3 Å². The van der Waals surface area contributed by atoms with Crippen LogP contribution in [0.5, 0.6) is 0 Å². The highest BCUT2D eigenvalue weighted by molar-refractivity contribution is 5.91. The Morgan fingerprint density at radius 3 is 2.78 bits per heavy atom. The number of methoxy groups -OCH3 is 1. The van der Waals surface area contributed by atoms with Gasteiger partial charge >= 0.3 is 5.97 Å². The monoisotopic (exact) mass is 252 g/mol. The number of rotatable bonds is 6. The average molecular weight is 252 g/mol. The largest absolute Gasteiger partial charge is 0.465 e. The number of ether oxygens (including phenoxy) is 2. The Bertz CT molecular complexity index is 407. The van der Waals surface area contributed by atoms with Crippen LogP contribution in [0.25, 0.3) is 0 Å². The molecule has 0 bridgehead atoms. The molecule has 0 radical (unpaired) electrons. The van der Waals surface area contributed by atoms with Crippen LogP contribution in [0.15, 0.2) is 18.2 Å². The van der Waals surface area contributed by atoms with Gasteiger partial charge in [0.15, 0.2) is 0 Å². The summed E-state index contributed by atoms with van der Waals surface area (Å²) in [6.45, 7) is 5.24. The molecule has 1 atom stereocenters. The molecule has 0 amide bonds. The molecule has 18 heavy (non-hydrogen) atoms. The van der Waals surface area contributed by atoms with E-state index in [1.807, 2.05) is 13.8 Å². The number of anilines is 2. The molecule has 5 nitrogen and oxygen atoms in total. The van der Waals surface area contributed by atoms with Gasteiger partial charge < -0.3 is 20.5 Å². The van der Waals surface area contributed by atoms with Crippen molar-refractivity contribution in [2.24, 2.45) is 0 Å². The van der Waals surface area contributed by atoms with E-state index in [0.717, 1.165) is 5.69 Å². The lowest BCUT2D eigenvalue weighted by Crippen LogP contribution is -2.22. The molecular formula is C13H20N2O3. The lowest BCUT2D eigenvalue weighted by atomic mass is 10.1. The van der Waals surface area contributed by atoms with Crippen molar-refractivity contribution in [1.82, 2.24) is 0 Å². The summed E-state index contributed by atoms with van der Waals surface area (Å²) >= 11 is 0. The van der Waals surface area contributed by atoms with Crippen molar-refractivity contribution in [2.45, 2.75) is 19.9 Å². The normalized spacial score (nSPS) is 11.9. The van der Waals surface area contributed by atoms with Gasteiger partial charge in [-0.1, -0.05) is 0 Å². The van der Waals surface area contributed by atoms with Gasteiger partial charge in [-0.25, -0.2) is 4.79 Å². The first-order valence-corrected chi connectivity index (χ1v) is 5.90. The van der Waals surface area contributed by atoms with Gasteiger partial charge in [0.25, 0.3) is 0 Å². The highest BCUT2D eigenvalue weighted by atomic mass is 16.5. The average Bonchev–Trinajstić information content (AvgIpc) is 2.37. The number of esters is 1. The van der Waals surface area contributed by atoms with Crippen molar-refractivity contribution in [3.63, 3.8) is 0 Å². The summed E-state index contributed by atoms with van der Waals surface area (Å²) in [5.41, 5.74) is 7.62. The van der Waals surface area contributed by atoms with E-state index in [2.05, 4.69) is 10.1 Å². The quantitative estimate of drug-likeness (QED) is 0.597. The molecular weight excluding hydrogens is 232 g/mol. The van der Waals surface area contributed by atoms with Gasteiger partial charge in [0.05, 0.1) is 30.7 Å².